The number of hydrogen-bond acceptors (Lipinski definition) is 4. The molecule has 17 heavy (non-hydrogen) atoms. The molecule has 1 aromatic heterocycles. The Morgan fingerprint density at radius 1 is 1.18 bits per heavy atom. The average Bonchev–Trinajstić information content (AvgIpc) is 2.68. The summed E-state index contributed by atoms with van der Waals surface area (Å²) in [4.78, 5) is 26.7. The first-order valence-corrected chi connectivity index (χ1v) is 5.11. The van der Waals surface area contributed by atoms with Crippen molar-refractivity contribution in [2.24, 2.45) is 0 Å². The Balaban J connectivity index is 2.17. The zero-order valence-electron chi connectivity index (χ0n) is 8.71. The average molecular weight is 228 g/mol. The van der Waals surface area contributed by atoms with Gasteiger partial charge in [-0.05, 0) is 11.5 Å². The van der Waals surface area contributed by atoms with Crippen LogP contribution in [0.4, 0.5) is 4.79 Å². The van der Waals surface area contributed by atoms with Gasteiger partial charge in [0.25, 0.3) is 5.91 Å². The molecule has 2 aromatic rings. The molecule has 1 N–H and O–H groups in total. The van der Waals surface area contributed by atoms with E-state index in [1.807, 2.05) is 30.3 Å². The number of ether oxygens (including phenoxy) is 1. The van der Waals surface area contributed by atoms with Crippen molar-refractivity contribution in [3.05, 3.63) is 42.2 Å². The summed E-state index contributed by atoms with van der Waals surface area (Å²) in [6, 6.07) is 9.34. The summed E-state index contributed by atoms with van der Waals surface area (Å²) >= 11 is 0. The molecule has 1 saturated heterocycles. The van der Waals surface area contributed by atoms with Crippen LogP contribution >= 0.6 is 0 Å². The minimum atomic E-state index is -0.950. The molecule has 3 rings (SSSR count). The second-order valence-electron chi connectivity index (χ2n) is 3.69. The van der Waals surface area contributed by atoms with Gasteiger partial charge in [-0.25, -0.2) is 4.79 Å². The number of fused-ring (bicyclic) bond motifs is 1. The Morgan fingerprint density at radius 2 is 2.00 bits per heavy atom. The molecule has 0 radical (unpaired) electrons. The summed E-state index contributed by atoms with van der Waals surface area (Å²) in [5.41, 5.74) is 0.464. The molecule has 1 unspecified atom stereocenters. The van der Waals surface area contributed by atoms with Crippen molar-refractivity contribution < 1.29 is 14.3 Å². The Hall–Kier alpha value is -2.43. The number of nitrogens with zero attached hydrogens (tertiary/aromatic N) is 1. The highest BCUT2D eigenvalue weighted by Gasteiger charge is 2.35. The zero-order chi connectivity index (χ0) is 11.8. The number of rotatable bonds is 1. The minimum absolute atomic E-state index is 0.464. The maximum Gasteiger partial charge on any atom is 0.415 e. The lowest BCUT2D eigenvalue weighted by molar-refractivity contribution is -0.123. The molecule has 1 fully saturated rings. The number of carbonyl (C=O) groups excluding carboxylic acids is 2. The Labute approximate surface area is 96.4 Å². The molecule has 0 aliphatic carbocycles. The van der Waals surface area contributed by atoms with E-state index in [1.165, 1.54) is 0 Å². The number of carbonyl (C=O) groups is 2. The van der Waals surface area contributed by atoms with Gasteiger partial charge in [-0.15, -0.1) is 0 Å². The topological polar surface area (TPSA) is 68.3 Å². The van der Waals surface area contributed by atoms with E-state index >= 15 is 0 Å². The predicted octanol–water partition coefficient (Wildman–Crippen LogP) is 1.54. The molecule has 0 saturated carbocycles. The molecule has 84 valence electrons. The van der Waals surface area contributed by atoms with Crippen LogP contribution < -0.4 is 5.32 Å². The Bertz CT molecular complexity index is 619. The van der Waals surface area contributed by atoms with Crippen LogP contribution in [0.15, 0.2) is 36.5 Å². The first kappa shape index (κ1) is 9.77. The molecule has 1 atom stereocenters. The number of cyclic esters (lactones) is 1. The maximum atomic E-state index is 11.5. The highest BCUT2D eigenvalue weighted by molar-refractivity contribution is 6.02. The fraction of sp³-hybridized carbons (Fsp3) is 0.0833. The van der Waals surface area contributed by atoms with Gasteiger partial charge in [0.15, 0.2) is 0 Å². The van der Waals surface area contributed by atoms with Gasteiger partial charge in [-0.3, -0.25) is 15.1 Å². The largest absolute Gasteiger partial charge is 0.429 e. The third-order valence-electron chi connectivity index (χ3n) is 2.64. The van der Waals surface area contributed by atoms with Gasteiger partial charge < -0.3 is 4.74 Å². The van der Waals surface area contributed by atoms with E-state index in [0.717, 1.165) is 10.8 Å². The molecule has 5 nitrogen and oxygen atoms in total. The molecule has 2 amide bonds. The van der Waals surface area contributed by atoms with Gasteiger partial charge in [0.1, 0.15) is 0 Å². The van der Waals surface area contributed by atoms with Gasteiger partial charge in [0.05, 0.1) is 5.69 Å². The summed E-state index contributed by atoms with van der Waals surface area (Å²) < 4.78 is 4.91. The summed E-state index contributed by atoms with van der Waals surface area (Å²) in [5.74, 6) is -0.473. The number of pyridine rings is 1. The number of nitrogens with one attached hydrogen (secondary N) is 1. The number of hydrogen-bond donors (Lipinski definition) is 1. The highest BCUT2D eigenvalue weighted by atomic mass is 16.6. The quantitative estimate of drug-likeness (QED) is 0.803. The van der Waals surface area contributed by atoms with Gasteiger partial charge in [0, 0.05) is 11.6 Å². The second kappa shape index (κ2) is 3.55. The summed E-state index contributed by atoms with van der Waals surface area (Å²) in [6.07, 6.45) is -0.0831. The maximum absolute atomic E-state index is 11.5. The van der Waals surface area contributed by atoms with E-state index in [0.29, 0.717) is 5.69 Å². The van der Waals surface area contributed by atoms with E-state index in [9.17, 15) is 9.59 Å². The van der Waals surface area contributed by atoms with E-state index in [1.54, 1.807) is 6.20 Å². The molecule has 1 aliphatic rings. The Morgan fingerprint density at radius 3 is 2.76 bits per heavy atom. The van der Waals surface area contributed by atoms with E-state index in [4.69, 9.17) is 4.74 Å². The van der Waals surface area contributed by atoms with E-state index in [-0.39, 0.29) is 0 Å². The normalized spacial score (nSPS) is 19.2. The van der Waals surface area contributed by atoms with Crippen LogP contribution in [-0.4, -0.2) is 17.0 Å². The number of benzene rings is 1. The second-order valence-corrected chi connectivity index (χ2v) is 3.69. The monoisotopic (exact) mass is 228 g/mol. The Kier molecular flexibility index (Phi) is 2.04. The lowest BCUT2D eigenvalue weighted by Gasteiger charge is -2.08. The van der Waals surface area contributed by atoms with E-state index < -0.39 is 18.1 Å². The molecule has 1 aromatic carbocycles. The highest BCUT2D eigenvalue weighted by Crippen LogP contribution is 2.26. The molecule has 2 heterocycles. The number of imide groups is 1. The van der Waals surface area contributed by atoms with Crippen LogP contribution in [0.5, 0.6) is 0 Å². The molecule has 0 bridgehead atoms. The number of aromatic nitrogens is 1. The molecular weight excluding hydrogens is 220 g/mol. The van der Waals surface area contributed by atoms with Crippen molar-refractivity contribution >= 4 is 22.8 Å². The van der Waals surface area contributed by atoms with Crippen molar-refractivity contribution in [3.63, 3.8) is 0 Å². The van der Waals surface area contributed by atoms with E-state index in [2.05, 4.69) is 10.3 Å². The third-order valence-corrected chi connectivity index (χ3v) is 2.64. The molecule has 5 heteroatoms. The zero-order valence-corrected chi connectivity index (χ0v) is 8.71. The van der Waals surface area contributed by atoms with Gasteiger partial charge in [-0.1, -0.05) is 24.3 Å². The van der Waals surface area contributed by atoms with Crippen molar-refractivity contribution in [2.45, 2.75) is 6.10 Å². The SMILES string of the molecule is O=C1NC(=O)C(c2nccc3ccccc23)O1. The van der Waals surface area contributed by atoms with Crippen LogP contribution in [0.2, 0.25) is 0 Å². The lowest BCUT2D eigenvalue weighted by atomic mass is 10.1. The summed E-state index contributed by atoms with van der Waals surface area (Å²) in [7, 11) is 0. The predicted molar refractivity (Wildman–Crippen MR) is 59.1 cm³/mol. The number of amides is 2. The lowest BCUT2D eigenvalue weighted by Crippen LogP contribution is -2.21. The van der Waals surface area contributed by atoms with Gasteiger partial charge >= 0.3 is 6.09 Å². The van der Waals surface area contributed by atoms with Crippen LogP contribution in [-0.2, 0) is 9.53 Å². The van der Waals surface area contributed by atoms with Crippen molar-refractivity contribution in [2.75, 3.05) is 0 Å². The summed E-state index contributed by atoms with van der Waals surface area (Å²) in [6.45, 7) is 0. The summed E-state index contributed by atoms with van der Waals surface area (Å²) in [5, 5.41) is 3.85. The van der Waals surface area contributed by atoms with Crippen LogP contribution in [0.1, 0.15) is 11.8 Å². The van der Waals surface area contributed by atoms with Crippen molar-refractivity contribution in [1.82, 2.24) is 10.3 Å². The van der Waals surface area contributed by atoms with Crippen LogP contribution in [0.3, 0.4) is 0 Å². The minimum Gasteiger partial charge on any atom is -0.429 e. The van der Waals surface area contributed by atoms with Crippen LogP contribution in [0, 0.1) is 0 Å². The fourth-order valence-corrected chi connectivity index (χ4v) is 1.89. The first-order valence-electron chi connectivity index (χ1n) is 5.11. The first-order chi connectivity index (χ1) is 8.25. The van der Waals surface area contributed by atoms with Crippen LogP contribution in [0.25, 0.3) is 10.8 Å². The number of alkyl carbamates (subject to hydrolysis) is 1. The van der Waals surface area contributed by atoms with Gasteiger partial charge in [0.2, 0.25) is 6.10 Å². The molecule has 0 spiro atoms. The third kappa shape index (κ3) is 1.52. The molecule has 1 aliphatic heterocycles. The molecular formula is C12H8N2O3. The van der Waals surface area contributed by atoms with Crippen molar-refractivity contribution in [1.29, 1.82) is 0 Å². The smallest absolute Gasteiger partial charge is 0.415 e. The van der Waals surface area contributed by atoms with Crippen molar-refractivity contribution in [3.8, 4) is 0 Å². The van der Waals surface area contributed by atoms with Gasteiger partial charge in [-0.2, -0.15) is 0 Å². The standard InChI is InChI=1S/C12H8N2O3/c15-11-10(17-12(16)14-11)9-8-4-2-1-3-7(8)5-6-13-9/h1-6,10H,(H,14,15,16). The fourth-order valence-electron chi connectivity index (χ4n) is 1.89.